The molecule has 1 atom stereocenters. The number of rotatable bonds is 5. The molecule has 0 saturated heterocycles. The largest absolute Gasteiger partial charge is 0.238 e. The van der Waals surface area contributed by atoms with Crippen molar-refractivity contribution in [2.45, 2.75) is 64.8 Å². The molecule has 5 aromatic carbocycles. The summed E-state index contributed by atoms with van der Waals surface area (Å²) < 4.78 is 40.5. The van der Waals surface area contributed by atoms with Crippen LogP contribution in [0.15, 0.2) is 121 Å². The van der Waals surface area contributed by atoms with E-state index in [-0.39, 0.29) is 17.0 Å². The summed E-state index contributed by atoms with van der Waals surface area (Å²) in [5.74, 6) is 2.04. The molecule has 9 rings (SSSR count). The first-order chi connectivity index (χ1) is 26.9. The Morgan fingerprint density at radius 3 is 2.28 bits per heavy atom. The van der Waals surface area contributed by atoms with Crippen LogP contribution in [0.2, 0.25) is 0 Å². The third kappa shape index (κ3) is 5.90. The zero-order valence-corrected chi connectivity index (χ0v) is 32.7. The van der Waals surface area contributed by atoms with Crippen LogP contribution in [0.25, 0.3) is 49.8 Å². The molecule has 3 heterocycles. The second-order valence-corrected chi connectivity index (χ2v) is 16.3. The maximum Gasteiger partial charge on any atom is 0.0374 e. The van der Waals surface area contributed by atoms with Gasteiger partial charge in [0.25, 0.3) is 0 Å². The Labute approximate surface area is 326 Å². The van der Waals surface area contributed by atoms with E-state index < -0.39 is 6.85 Å². The molecule has 0 fully saturated rings. The molecule has 3 aromatic heterocycles. The first kappa shape index (κ1) is 30.5. The van der Waals surface area contributed by atoms with Gasteiger partial charge in [-0.05, 0) is 41.1 Å². The summed E-state index contributed by atoms with van der Waals surface area (Å²) in [4.78, 5) is 4.95. The van der Waals surface area contributed by atoms with E-state index in [1.54, 1.807) is 12.3 Å². The molecule has 0 amide bonds. The normalized spacial score (nSPS) is 16.0. The summed E-state index contributed by atoms with van der Waals surface area (Å²) in [6, 6.07) is 39.7. The van der Waals surface area contributed by atoms with E-state index >= 15 is 0 Å². The molecule has 0 N–H and O–H groups in total. The van der Waals surface area contributed by atoms with Gasteiger partial charge in [0.15, 0.2) is 0 Å². The number of aryl methyl sites for hydroxylation is 3. The second kappa shape index (κ2) is 13.1. The topological polar surface area (TPSA) is 36.9 Å². The molecule has 1 unspecified atom stereocenters. The summed E-state index contributed by atoms with van der Waals surface area (Å²) in [5, 5.41) is 2.10. The van der Waals surface area contributed by atoms with Crippen LogP contribution in [0.4, 0.5) is 0 Å². The Kier molecular flexibility index (Phi) is 7.56. The van der Waals surface area contributed by atoms with Crippen molar-refractivity contribution < 1.29 is 28.2 Å². The monoisotopic (exact) mass is 878 g/mol. The van der Waals surface area contributed by atoms with E-state index in [1.807, 2.05) is 30.3 Å². The van der Waals surface area contributed by atoms with Crippen molar-refractivity contribution in [3.63, 3.8) is 0 Å². The summed E-state index contributed by atoms with van der Waals surface area (Å²) in [7, 11) is 2.15. The van der Waals surface area contributed by atoms with E-state index in [2.05, 4.69) is 140 Å². The van der Waals surface area contributed by atoms with Crippen LogP contribution in [0.5, 0.6) is 11.5 Å². The van der Waals surface area contributed by atoms with E-state index in [0.29, 0.717) is 17.1 Å². The fraction of sp³-hybridized carbons (Fsp3) is 0.234. The maximum absolute atomic E-state index is 8.59. The van der Waals surface area contributed by atoms with Gasteiger partial charge in [0, 0.05) is 15.9 Å². The van der Waals surface area contributed by atoms with E-state index in [1.165, 1.54) is 31.5 Å². The average Bonchev–Trinajstić information content (AvgIpc) is 3.54. The Morgan fingerprint density at radius 2 is 1.49 bits per heavy atom. The third-order valence-corrected chi connectivity index (χ3v) is 12.3. The number of hydrogen-bond donors (Lipinski definition) is 0. The van der Waals surface area contributed by atoms with Crippen molar-refractivity contribution in [1.82, 2.24) is 18.7 Å². The average molecular weight is 879 g/mol. The minimum absolute atomic E-state index is 0.0102. The smallest absolute Gasteiger partial charge is 0.0374 e. The summed E-state index contributed by atoms with van der Waals surface area (Å²) in [6.45, 7) is 4.16. The number of benzene rings is 5. The molecule has 0 radical (unpaired) electrons. The molecule has 1 aliphatic carbocycles. The summed E-state index contributed by atoms with van der Waals surface area (Å²) in [6.07, 6.45) is 6.14. The molecular weight excluding hydrogens is 832 g/mol. The standard InChI is InChI=1S/C47H44N4O.Pt/c1-31-26-46(48-29-40(31)33-18-21-34(22-19-33)47(2,3)4)51-42-15-9-7-13-37(42)38-25-24-36(28-45(38)51)52-35-23-20-32-12-6-8-14-41(39(32)27-35)50-30-49(5)43-16-10-11-17-44(43)50;/h7,9-11,13,15-29,41H,6,8,12,14H2,1-5H3;/i1D3;. The van der Waals surface area contributed by atoms with E-state index in [0.717, 1.165) is 58.8 Å². The van der Waals surface area contributed by atoms with Gasteiger partial charge in [0.05, 0.1) is 0 Å². The predicted octanol–water partition coefficient (Wildman–Crippen LogP) is 11.9. The van der Waals surface area contributed by atoms with Gasteiger partial charge in [-0.1, -0.05) is 63.2 Å². The summed E-state index contributed by atoms with van der Waals surface area (Å²) in [5.41, 5.74) is 9.87. The van der Waals surface area contributed by atoms with Gasteiger partial charge in [-0.25, -0.2) is 4.98 Å². The van der Waals surface area contributed by atoms with E-state index in [9.17, 15) is 0 Å². The summed E-state index contributed by atoms with van der Waals surface area (Å²) >= 11 is 2.47. The van der Waals surface area contributed by atoms with Crippen LogP contribution in [-0.4, -0.2) is 18.7 Å². The van der Waals surface area contributed by atoms with Crippen molar-refractivity contribution in [2.75, 3.05) is 0 Å². The predicted molar refractivity (Wildman–Crippen MR) is 214 cm³/mol. The van der Waals surface area contributed by atoms with Gasteiger partial charge in [0.2, 0.25) is 0 Å². The van der Waals surface area contributed by atoms with E-state index in [4.69, 9.17) is 13.8 Å². The first-order valence-electron chi connectivity index (χ1n) is 19.9. The van der Waals surface area contributed by atoms with Gasteiger partial charge < -0.3 is 0 Å². The molecule has 0 saturated carbocycles. The van der Waals surface area contributed by atoms with Crippen molar-refractivity contribution in [3.8, 4) is 28.4 Å². The van der Waals surface area contributed by atoms with Crippen LogP contribution in [0.1, 0.15) is 72.4 Å². The van der Waals surface area contributed by atoms with Crippen LogP contribution in [0.3, 0.4) is 0 Å². The van der Waals surface area contributed by atoms with Crippen LogP contribution in [-0.2, 0) is 38.2 Å². The number of fused-ring (bicyclic) bond motifs is 5. The van der Waals surface area contributed by atoms with Gasteiger partial charge in [-0.15, -0.1) is 0 Å². The zero-order chi connectivity index (χ0) is 38.9. The molecule has 8 aromatic rings. The van der Waals surface area contributed by atoms with Crippen molar-refractivity contribution in [3.05, 3.63) is 148 Å². The second-order valence-electron chi connectivity index (χ2n) is 15.3. The molecule has 0 bridgehead atoms. The molecule has 0 aliphatic heterocycles. The maximum atomic E-state index is 8.59. The Morgan fingerprint density at radius 1 is 0.774 bits per heavy atom. The minimum Gasteiger partial charge on any atom is -0.238 e. The molecule has 0 spiro atoms. The number of ether oxygens (including phenoxy) is 1. The molecule has 6 heteroatoms. The number of pyridine rings is 1. The number of nitrogens with zero attached hydrogens (tertiary/aromatic N) is 4. The van der Waals surface area contributed by atoms with Crippen molar-refractivity contribution >= 4 is 32.8 Å². The number of aromatic nitrogens is 4. The minimum atomic E-state index is -2.35. The van der Waals surface area contributed by atoms with Crippen LogP contribution >= 0.6 is 0 Å². The molecule has 5 nitrogen and oxygen atoms in total. The molecular formula is C47H44N4OPt. The molecule has 53 heavy (non-hydrogen) atoms. The fourth-order valence-electron chi connectivity index (χ4n) is 8.18. The fourth-order valence-corrected chi connectivity index (χ4v) is 9.08. The number of para-hydroxylation sites is 3. The van der Waals surface area contributed by atoms with Crippen LogP contribution in [0, 0.1) is 10.7 Å². The van der Waals surface area contributed by atoms with Gasteiger partial charge >= 0.3 is 202 Å². The Balaban J connectivity index is 1.13. The first-order valence-corrected chi connectivity index (χ1v) is 19.6. The van der Waals surface area contributed by atoms with Gasteiger partial charge in [-0.2, -0.15) is 0 Å². The zero-order valence-electron chi connectivity index (χ0n) is 33.5. The van der Waals surface area contributed by atoms with Gasteiger partial charge in [0.1, 0.15) is 0 Å². The quantitative estimate of drug-likeness (QED) is 0.162. The Bertz CT molecular complexity index is 2860. The van der Waals surface area contributed by atoms with Crippen LogP contribution < -0.4 is 4.74 Å². The third-order valence-electron chi connectivity index (χ3n) is 11.0. The number of imidazole rings is 1. The number of hydrogen-bond acceptors (Lipinski definition) is 2. The SMILES string of the molecule is [2H]C([2H])([2H])c1cc(-n2c3ccccc3c3ccc(Oc4ccc5c(c4)C(n4[c](=[Pt])n(C)c6ccccc64)CCCC5)cc32)ncc1-c1ccc(C(C)(C)C)cc1. The molecule has 1 aliphatic rings. The van der Waals surface area contributed by atoms with Crippen molar-refractivity contribution in [2.24, 2.45) is 7.05 Å². The van der Waals surface area contributed by atoms with Gasteiger partial charge in [-0.3, -0.25) is 0 Å². The van der Waals surface area contributed by atoms with Crippen molar-refractivity contribution in [1.29, 1.82) is 0 Å². The Hall–Kier alpha value is -4.99. The molecule has 268 valence electrons.